The van der Waals surface area contributed by atoms with Crippen LogP contribution < -0.4 is 10.1 Å². The molecule has 1 amide bonds. The van der Waals surface area contributed by atoms with Gasteiger partial charge in [-0.25, -0.2) is 0 Å². The number of methoxy groups -OCH3 is 1. The van der Waals surface area contributed by atoms with E-state index in [1.165, 1.54) is 16.7 Å². The van der Waals surface area contributed by atoms with Gasteiger partial charge in [-0.3, -0.25) is 9.78 Å². The van der Waals surface area contributed by atoms with Crippen LogP contribution in [0.5, 0.6) is 5.75 Å². The highest BCUT2D eigenvalue weighted by molar-refractivity contribution is 5.93. The van der Waals surface area contributed by atoms with Gasteiger partial charge in [0.05, 0.1) is 7.11 Å². The van der Waals surface area contributed by atoms with E-state index in [4.69, 9.17) is 4.74 Å². The van der Waals surface area contributed by atoms with Gasteiger partial charge >= 0.3 is 0 Å². The van der Waals surface area contributed by atoms with Crippen molar-refractivity contribution in [1.29, 1.82) is 0 Å². The first-order chi connectivity index (χ1) is 11.0. The van der Waals surface area contributed by atoms with Crippen molar-refractivity contribution in [3.8, 4) is 5.75 Å². The molecule has 0 radical (unpaired) electrons. The van der Waals surface area contributed by atoms with Crippen molar-refractivity contribution in [1.82, 2.24) is 10.3 Å². The van der Waals surface area contributed by atoms with E-state index in [-0.39, 0.29) is 18.3 Å². The first-order valence-corrected chi connectivity index (χ1v) is 7.88. The molecule has 130 valence electrons. The third-order valence-corrected chi connectivity index (χ3v) is 3.93. The second-order valence-corrected chi connectivity index (χ2v) is 5.92. The number of amides is 1. The third kappa shape index (κ3) is 4.96. The van der Waals surface area contributed by atoms with Crippen LogP contribution in [0.4, 0.5) is 0 Å². The lowest BCUT2D eigenvalue weighted by Crippen LogP contribution is -2.25. The lowest BCUT2D eigenvalue weighted by Gasteiger charge is -2.16. The molecule has 0 aliphatic rings. The minimum atomic E-state index is -0.0670. The Labute approximate surface area is 150 Å². The molecule has 5 heteroatoms. The summed E-state index contributed by atoms with van der Waals surface area (Å²) in [5.74, 6) is 1.26. The summed E-state index contributed by atoms with van der Waals surface area (Å²) in [5, 5.41) is 2.95. The number of rotatable bonds is 6. The number of carbonyl (C=O) groups excluding carboxylic acids is 1. The fourth-order valence-corrected chi connectivity index (χ4v) is 2.56. The second kappa shape index (κ2) is 9.28. The number of nitrogens with one attached hydrogen (secondary N) is 1. The average molecular weight is 349 g/mol. The van der Waals surface area contributed by atoms with Gasteiger partial charge in [0.25, 0.3) is 5.91 Å². The number of carbonyl (C=O) groups is 1. The molecule has 2 aromatic rings. The highest BCUT2D eigenvalue weighted by atomic mass is 35.5. The summed E-state index contributed by atoms with van der Waals surface area (Å²) < 4.78 is 5.47. The molecule has 0 spiro atoms. The van der Waals surface area contributed by atoms with Crippen molar-refractivity contribution >= 4 is 18.3 Å². The van der Waals surface area contributed by atoms with Crippen LogP contribution in [0.2, 0.25) is 0 Å². The Morgan fingerprint density at radius 2 is 1.92 bits per heavy atom. The van der Waals surface area contributed by atoms with Gasteiger partial charge in [-0.2, -0.15) is 0 Å². The zero-order valence-electron chi connectivity index (χ0n) is 14.6. The number of aryl methyl sites for hydroxylation is 1. The van der Waals surface area contributed by atoms with Crippen molar-refractivity contribution in [2.45, 2.75) is 33.1 Å². The maximum Gasteiger partial charge on any atom is 0.251 e. The normalized spacial score (nSPS) is 10.2. The highest BCUT2D eigenvalue weighted by Gasteiger charge is 2.11. The van der Waals surface area contributed by atoms with Gasteiger partial charge in [-0.1, -0.05) is 19.9 Å². The summed E-state index contributed by atoms with van der Waals surface area (Å²) in [6, 6.07) is 7.70. The molecule has 0 aliphatic carbocycles. The molecule has 4 nitrogen and oxygen atoms in total. The minimum Gasteiger partial charge on any atom is -0.496 e. The van der Waals surface area contributed by atoms with Crippen molar-refractivity contribution in [2.75, 3.05) is 13.7 Å². The second-order valence-electron chi connectivity index (χ2n) is 5.92. The number of halogens is 1. The lowest BCUT2D eigenvalue weighted by molar-refractivity contribution is 0.0954. The molecule has 24 heavy (non-hydrogen) atoms. The van der Waals surface area contributed by atoms with E-state index in [1.807, 2.05) is 0 Å². The molecule has 0 unspecified atom stereocenters. The number of hydrogen-bond acceptors (Lipinski definition) is 3. The van der Waals surface area contributed by atoms with Gasteiger partial charge in [0.2, 0.25) is 0 Å². The fraction of sp³-hybridized carbons (Fsp3) is 0.368. The lowest BCUT2D eigenvalue weighted by atomic mass is 9.95. The van der Waals surface area contributed by atoms with Crippen LogP contribution in [0, 0.1) is 6.92 Å². The summed E-state index contributed by atoms with van der Waals surface area (Å²) in [6.07, 6.45) is 4.04. The molecular formula is C19H25ClN2O2. The van der Waals surface area contributed by atoms with E-state index < -0.39 is 0 Å². The molecule has 0 fully saturated rings. The number of hydrogen-bond donors (Lipinski definition) is 1. The Morgan fingerprint density at radius 3 is 2.50 bits per heavy atom. The molecule has 0 atom stereocenters. The molecule has 1 N–H and O–H groups in total. The predicted octanol–water partition coefficient (Wildman–Crippen LogP) is 3.92. The topological polar surface area (TPSA) is 51.2 Å². The minimum absolute atomic E-state index is 0. The number of pyridine rings is 1. The monoisotopic (exact) mass is 348 g/mol. The van der Waals surface area contributed by atoms with Crippen LogP contribution in [0.15, 0.2) is 36.7 Å². The Kier molecular flexibility index (Phi) is 7.72. The summed E-state index contributed by atoms with van der Waals surface area (Å²) in [5.41, 5.74) is 4.26. The van der Waals surface area contributed by atoms with Crippen molar-refractivity contribution < 1.29 is 9.53 Å². The van der Waals surface area contributed by atoms with E-state index in [1.54, 1.807) is 31.6 Å². The number of nitrogens with zero attached hydrogens (tertiary/aromatic N) is 1. The molecular weight excluding hydrogens is 324 g/mol. The Hall–Kier alpha value is -2.07. The zero-order chi connectivity index (χ0) is 16.8. The molecule has 1 heterocycles. The van der Waals surface area contributed by atoms with Crippen LogP contribution >= 0.6 is 12.4 Å². The van der Waals surface area contributed by atoms with Crippen LogP contribution in [0.1, 0.15) is 46.8 Å². The third-order valence-electron chi connectivity index (χ3n) is 3.93. The van der Waals surface area contributed by atoms with Gasteiger partial charge < -0.3 is 10.1 Å². The molecule has 1 aromatic heterocycles. The highest BCUT2D eigenvalue weighted by Crippen LogP contribution is 2.29. The fourth-order valence-electron chi connectivity index (χ4n) is 2.56. The van der Waals surface area contributed by atoms with Crippen LogP contribution in [0.3, 0.4) is 0 Å². The van der Waals surface area contributed by atoms with Crippen LogP contribution in [0.25, 0.3) is 0 Å². The van der Waals surface area contributed by atoms with Crippen molar-refractivity contribution in [3.63, 3.8) is 0 Å². The van der Waals surface area contributed by atoms with Gasteiger partial charge in [0, 0.05) is 24.5 Å². The zero-order valence-corrected chi connectivity index (χ0v) is 15.4. The number of ether oxygens (including phenoxy) is 1. The molecule has 0 saturated carbocycles. The van der Waals surface area contributed by atoms with Crippen molar-refractivity contribution in [2.24, 2.45) is 0 Å². The average Bonchev–Trinajstić information content (AvgIpc) is 2.56. The standard InChI is InChI=1S/C19H24N2O2.ClH/c1-13(2)17-12-16(14(3)11-18(17)23-4)7-10-21-19(22)15-5-8-20-9-6-15;/h5-6,8-9,11-13H,7,10H2,1-4H3,(H,21,22);1H. The Morgan fingerprint density at radius 1 is 1.25 bits per heavy atom. The van der Waals surface area contributed by atoms with E-state index in [0.29, 0.717) is 18.0 Å². The summed E-state index contributed by atoms with van der Waals surface area (Å²) in [7, 11) is 1.70. The molecule has 0 aliphatic heterocycles. The first kappa shape index (κ1) is 20.0. The van der Waals surface area contributed by atoms with E-state index >= 15 is 0 Å². The maximum absolute atomic E-state index is 12.0. The molecule has 1 aromatic carbocycles. The Bertz CT molecular complexity index is 673. The quantitative estimate of drug-likeness (QED) is 0.860. The summed E-state index contributed by atoms with van der Waals surface area (Å²) in [4.78, 5) is 16.0. The van der Waals surface area contributed by atoms with Crippen molar-refractivity contribution in [3.05, 3.63) is 58.9 Å². The van der Waals surface area contributed by atoms with Gasteiger partial charge in [0.15, 0.2) is 0 Å². The predicted molar refractivity (Wildman–Crippen MR) is 99.3 cm³/mol. The SMILES string of the molecule is COc1cc(C)c(CCNC(=O)c2ccncc2)cc1C(C)C.Cl. The smallest absolute Gasteiger partial charge is 0.251 e. The van der Waals surface area contributed by atoms with E-state index in [2.05, 4.69) is 43.2 Å². The first-order valence-electron chi connectivity index (χ1n) is 7.88. The molecule has 0 bridgehead atoms. The summed E-state index contributed by atoms with van der Waals surface area (Å²) in [6.45, 7) is 6.99. The van der Waals surface area contributed by atoms with Gasteiger partial charge in [0.1, 0.15) is 5.75 Å². The molecule has 2 rings (SSSR count). The van der Waals surface area contributed by atoms with Crippen LogP contribution in [-0.2, 0) is 6.42 Å². The number of aromatic nitrogens is 1. The Balaban J connectivity index is 0.00000288. The van der Waals surface area contributed by atoms with E-state index in [9.17, 15) is 4.79 Å². The van der Waals surface area contributed by atoms with Crippen LogP contribution in [-0.4, -0.2) is 24.5 Å². The number of benzene rings is 1. The van der Waals surface area contributed by atoms with Gasteiger partial charge in [-0.15, -0.1) is 12.4 Å². The largest absolute Gasteiger partial charge is 0.496 e. The van der Waals surface area contributed by atoms with Gasteiger partial charge in [-0.05, 0) is 54.2 Å². The molecule has 0 saturated heterocycles. The maximum atomic E-state index is 12.0. The summed E-state index contributed by atoms with van der Waals surface area (Å²) >= 11 is 0. The van der Waals surface area contributed by atoms with E-state index in [0.717, 1.165) is 12.2 Å².